The Labute approximate surface area is 182 Å². The van der Waals surface area contributed by atoms with Crippen LogP contribution in [-0.2, 0) is 6.54 Å². The summed E-state index contributed by atoms with van der Waals surface area (Å²) in [6, 6.07) is 10.2. The number of H-pyrrole nitrogens is 1. The third-order valence-electron chi connectivity index (χ3n) is 5.65. The predicted octanol–water partition coefficient (Wildman–Crippen LogP) is 4.51. The number of rotatable bonds is 8. The topological polar surface area (TPSA) is 65.1 Å². The van der Waals surface area contributed by atoms with Crippen LogP contribution in [0.2, 0.25) is 0 Å². The first-order valence-corrected chi connectivity index (χ1v) is 11.7. The maximum atomic E-state index is 13.5. The van der Waals surface area contributed by atoms with Gasteiger partial charge >= 0.3 is 0 Å². The van der Waals surface area contributed by atoms with E-state index in [1.165, 1.54) is 18.6 Å². The van der Waals surface area contributed by atoms with E-state index in [9.17, 15) is 4.79 Å². The number of hydrogen-bond donors (Lipinski definition) is 1. The van der Waals surface area contributed by atoms with Crippen LogP contribution < -0.4 is 0 Å². The fraction of sp³-hybridized carbons (Fsp3) is 0.435. The molecule has 1 aliphatic heterocycles. The highest BCUT2D eigenvalue weighted by atomic mass is 32.2. The SMILES string of the molecule is CCCCSN1CCC(N(Cc2cn[nH]c2)C(=O)c2cc3ccccc3cn2)CC1. The average molecular weight is 424 g/mol. The number of aromatic amines is 1. The number of unbranched alkanes of at least 4 members (excludes halogenated alkanes) is 1. The fourth-order valence-electron chi connectivity index (χ4n) is 3.90. The van der Waals surface area contributed by atoms with Gasteiger partial charge in [-0.15, -0.1) is 0 Å². The lowest BCUT2D eigenvalue weighted by atomic mass is 10.0. The molecule has 7 heteroatoms. The fourth-order valence-corrected chi connectivity index (χ4v) is 5.04. The van der Waals surface area contributed by atoms with E-state index in [-0.39, 0.29) is 11.9 Å². The summed E-state index contributed by atoms with van der Waals surface area (Å²) < 4.78 is 2.46. The number of nitrogens with one attached hydrogen (secondary N) is 1. The molecule has 1 N–H and O–H groups in total. The molecule has 3 heterocycles. The molecule has 0 saturated carbocycles. The van der Waals surface area contributed by atoms with Crippen LogP contribution in [0.5, 0.6) is 0 Å². The molecule has 0 radical (unpaired) electrons. The van der Waals surface area contributed by atoms with Crippen LogP contribution >= 0.6 is 11.9 Å². The minimum Gasteiger partial charge on any atom is -0.330 e. The third-order valence-corrected chi connectivity index (χ3v) is 6.86. The lowest BCUT2D eigenvalue weighted by Gasteiger charge is -2.38. The minimum absolute atomic E-state index is 0.000890. The zero-order chi connectivity index (χ0) is 20.8. The van der Waals surface area contributed by atoms with Crippen LogP contribution in [0.15, 0.2) is 48.9 Å². The Bertz CT molecular complexity index is 953. The van der Waals surface area contributed by atoms with Crippen molar-refractivity contribution >= 4 is 28.6 Å². The summed E-state index contributed by atoms with van der Waals surface area (Å²) in [7, 11) is 0. The van der Waals surface area contributed by atoms with Gasteiger partial charge in [-0.2, -0.15) is 5.10 Å². The second-order valence-electron chi connectivity index (χ2n) is 7.80. The van der Waals surface area contributed by atoms with E-state index >= 15 is 0 Å². The van der Waals surface area contributed by atoms with Gasteiger partial charge in [-0.05, 0) is 30.7 Å². The molecule has 0 atom stereocenters. The van der Waals surface area contributed by atoms with Crippen molar-refractivity contribution in [3.8, 4) is 0 Å². The molecule has 0 unspecified atom stereocenters. The van der Waals surface area contributed by atoms with Crippen LogP contribution in [0.3, 0.4) is 0 Å². The monoisotopic (exact) mass is 423 g/mol. The molecular weight excluding hydrogens is 394 g/mol. The van der Waals surface area contributed by atoms with Crippen molar-refractivity contribution in [2.75, 3.05) is 18.8 Å². The van der Waals surface area contributed by atoms with Gasteiger partial charge in [0.15, 0.2) is 0 Å². The number of carbonyl (C=O) groups is 1. The standard InChI is InChI=1S/C23H29N5OS/c1-2-3-12-30-27-10-8-21(9-11-27)28(17-18-14-25-26-15-18)23(29)22-13-19-6-4-5-7-20(19)16-24-22/h4-7,13-16,21H,2-3,8-12,17H2,1H3,(H,25,26). The van der Waals surface area contributed by atoms with Crippen LogP contribution in [0.4, 0.5) is 0 Å². The normalized spacial score (nSPS) is 15.5. The third kappa shape index (κ3) is 5.02. The van der Waals surface area contributed by atoms with E-state index in [4.69, 9.17) is 0 Å². The largest absolute Gasteiger partial charge is 0.330 e. The Morgan fingerprint density at radius 3 is 2.77 bits per heavy atom. The molecule has 1 fully saturated rings. The van der Waals surface area contributed by atoms with Gasteiger partial charge in [-0.25, -0.2) is 0 Å². The van der Waals surface area contributed by atoms with Crippen molar-refractivity contribution in [3.63, 3.8) is 0 Å². The van der Waals surface area contributed by atoms with Gasteiger partial charge in [0.2, 0.25) is 0 Å². The van der Waals surface area contributed by atoms with E-state index in [1.807, 2.05) is 53.4 Å². The minimum atomic E-state index is -0.000890. The average Bonchev–Trinajstić information content (AvgIpc) is 3.31. The molecular formula is C23H29N5OS. The van der Waals surface area contributed by atoms with Gasteiger partial charge in [-0.1, -0.05) is 49.6 Å². The van der Waals surface area contributed by atoms with Crippen molar-refractivity contribution in [1.82, 2.24) is 24.4 Å². The number of pyridine rings is 1. The Morgan fingerprint density at radius 2 is 2.03 bits per heavy atom. The van der Waals surface area contributed by atoms with Gasteiger partial charge in [0.05, 0.1) is 6.20 Å². The highest BCUT2D eigenvalue weighted by molar-refractivity contribution is 7.97. The Kier molecular flexibility index (Phi) is 7.02. The highest BCUT2D eigenvalue weighted by Gasteiger charge is 2.29. The summed E-state index contributed by atoms with van der Waals surface area (Å²) in [4.78, 5) is 20.0. The second kappa shape index (κ2) is 10.1. The number of carbonyl (C=O) groups excluding carboxylic acids is 1. The van der Waals surface area contributed by atoms with E-state index in [1.54, 1.807) is 12.4 Å². The molecule has 1 aliphatic rings. The molecule has 0 bridgehead atoms. The first kappa shape index (κ1) is 20.9. The number of nitrogens with zero attached hydrogens (tertiary/aromatic N) is 4. The van der Waals surface area contributed by atoms with Gasteiger partial charge in [-0.3, -0.25) is 19.2 Å². The molecule has 1 aromatic carbocycles. The van der Waals surface area contributed by atoms with Gasteiger partial charge in [0.25, 0.3) is 5.91 Å². The molecule has 158 valence electrons. The summed E-state index contributed by atoms with van der Waals surface area (Å²) in [5, 5.41) is 9.01. The molecule has 3 aromatic rings. The molecule has 4 rings (SSSR count). The van der Waals surface area contributed by atoms with Crippen molar-refractivity contribution in [3.05, 3.63) is 60.2 Å². The van der Waals surface area contributed by atoms with E-state index in [0.717, 1.165) is 42.3 Å². The summed E-state index contributed by atoms with van der Waals surface area (Å²) in [5.74, 6) is 1.18. The molecule has 0 aliphatic carbocycles. The van der Waals surface area contributed by atoms with E-state index < -0.39 is 0 Å². The summed E-state index contributed by atoms with van der Waals surface area (Å²) in [6.45, 7) is 4.81. The number of aromatic nitrogens is 3. The van der Waals surface area contributed by atoms with Crippen LogP contribution in [0.25, 0.3) is 10.8 Å². The van der Waals surface area contributed by atoms with Gasteiger partial charge in [0.1, 0.15) is 5.69 Å². The zero-order valence-corrected chi connectivity index (χ0v) is 18.3. The van der Waals surface area contributed by atoms with E-state index in [0.29, 0.717) is 12.2 Å². The zero-order valence-electron chi connectivity index (χ0n) is 17.5. The van der Waals surface area contributed by atoms with Gasteiger partial charge < -0.3 is 4.90 Å². The van der Waals surface area contributed by atoms with Crippen molar-refractivity contribution in [1.29, 1.82) is 0 Å². The molecule has 2 aromatic heterocycles. The highest BCUT2D eigenvalue weighted by Crippen LogP contribution is 2.25. The number of fused-ring (bicyclic) bond motifs is 1. The number of benzene rings is 1. The first-order chi connectivity index (χ1) is 14.7. The molecule has 1 amide bonds. The summed E-state index contributed by atoms with van der Waals surface area (Å²) in [6.07, 6.45) is 9.91. The lowest BCUT2D eigenvalue weighted by molar-refractivity contribution is 0.0594. The van der Waals surface area contributed by atoms with Crippen molar-refractivity contribution in [2.45, 2.75) is 45.2 Å². The predicted molar refractivity (Wildman–Crippen MR) is 122 cm³/mol. The Hall–Kier alpha value is -2.38. The lowest BCUT2D eigenvalue weighted by Crippen LogP contribution is -2.45. The quantitative estimate of drug-likeness (QED) is 0.426. The summed E-state index contributed by atoms with van der Waals surface area (Å²) in [5.41, 5.74) is 1.53. The smallest absolute Gasteiger partial charge is 0.273 e. The van der Waals surface area contributed by atoms with Crippen LogP contribution in [0.1, 0.15) is 48.7 Å². The molecule has 30 heavy (non-hydrogen) atoms. The van der Waals surface area contributed by atoms with Crippen LogP contribution in [0, 0.1) is 0 Å². The van der Waals surface area contributed by atoms with E-state index in [2.05, 4.69) is 26.4 Å². The Balaban J connectivity index is 1.50. The van der Waals surface area contributed by atoms with Gasteiger partial charge in [0, 0.05) is 54.8 Å². The number of amides is 1. The molecule has 6 nitrogen and oxygen atoms in total. The van der Waals surface area contributed by atoms with Crippen LogP contribution in [-0.4, -0.2) is 55.2 Å². The molecule has 0 spiro atoms. The van der Waals surface area contributed by atoms with Crippen molar-refractivity contribution in [2.24, 2.45) is 0 Å². The number of hydrogen-bond acceptors (Lipinski definition) is 5. The second-order valence-corrected chi connectivity index (χ2v) is 8.99. The number of piperidine rings is 1. The maximum absolute atomic E-state index is 13.5. The van der Waals surface area contributed by atoms with Crippen molar-refractivity contribution < 1.29 is 4.79 Å². The first-order valence-electron chi connectivity index (χ1n) is 10.8. The molecule has 1 saturated heterocycles. The Morgan fingerprint density at radius 1 is 1.23 bits per heavy atom. The maximum Gasteiger partial charge on any atom is 0.273 e. The summed E-state index contributed by atoms with van der Waals surface area (Å²) >= 11 is 1.95.